The van der Waals surface area contributed by atoms with E-state index in [0.29, 0.717) is 11.4 Å². The Hall–Kier alpha value is -2.82. The van der Waals surface area contributed by atoms with Gasteiger partial charge in [0.1, 0.15) is 5.75 Å². The first-order valence-corrected chi connectivity index (χ1v) is 9.45. The van der Waals surface area contributed by atoms with Crippen LogP contribution in [-0.2, 0) is 16.0 Å². The molecule has 2 aromatic carbocycles. The maximum Gasteiger partial charge on any atom is 0.262 e. The number of nitrogens with zero attached hydrogens (tertiary/aromatic N) is 1. The summed E-state index contributed by atoms with van der Waals surface area (Å²) < 4.78 is 5.59. The van der Waals surface area contributed by atoms with Crippen LogP contribution in [0.5, 0.6) is 5.75 Å². The zero-order valence-corrected chi connectivity index (χ0v) is 15.7. The summed E-state index contributed by atoms with van der Waals surface area (Å²) in [5.74, 6) is 0.880. The predicted octanol–water partition coefficient (Wildman–Crippen LogP) is 3.62. The van der Waals surface area contributed by atoms with Gasteiger partial charge >= 0.3 is 0 Å². The van der Waals surface area contributed by atoms with Gasteiger partial charge in [-0.15, -0.1) is 0 Å². The van der Waals surface area contributed by atoms with E-state index < -0.39 is 0 Å². The summed E-state index contributed by atoms with van der Waals surface area (Å²) in [6.45, 7) is 4.74. The van der Waals surface area contributed by atoms with Crippen molar-refractivity contribution in [3.05, 3.63) is 53.1 Å². The third-order valence-corrected chi connectivity index (χ3v) is 5.31. The molecule has 1 aliphatic carbocycles. The molecule has 1 saturated carbocycles. The predicted molar refractivity (Wildman–Crippen MR) is 105 cm³/mol. The number of nitrogens with one attached hydrogen (secondary N) is 1. The highest BCUT2D eigenvalue weighted by atomic mass is 16.5. The summed E-state index contributed by atoms with van der Waals surface area (Å²) in [6, 6.07) is 11.6. The minimum Gasteiger partial charge on any atom is -0.484 e. The minimum absolute atomic E-state index is 0.0513. The lowest BCUT2D eigenvalue weighted by Gasteiger charge is -2.18. The zero-order valence-electron chi connectivity index (χ0n) is 15.7. The fourth-order valence-corrected chi connectivity index (χ4v) is 3.39. The van der Waals surface area contributed by atoms with Gasteiger partial charge in [-0.25, -0.2) is 0 Å². The van der Waals surface area contributed by atoms with Crippen molar-refractivity contribution in [3.8, 4) is 5.75 Å². The molecular weight excluding hydrogens is 340 g/mol. The number of ether oxygens (including phenoxy) is 1. The van der Waals surface area contributed by atoms with Crippen molar-refractivity contribution in [2.24, 2.45) is 5.92 Å². The van der Waals surface area contributed by atoms with Crippen LogP contribution < -0.4 is 15.0 Å². The molecule has 0 spiro atoms. The molecule has 1 heterocycles. The second kappa shape index (κ2) is 7.06. The number of aryl methyl sites for hydroxylation is 2. The number of amides is 2. The number of anilines is 2. The number of carbonyl (C=O) groups excluding carboxylic acids is 2. The van der Waals surface area contributed by atoms with E-state index in [2.05, 4.69) is 5.32 Å². The molecule has 5 nitrogen and oxygen atoms in total. The summed E-state index contributed by atoms with van der Waals surface area (Å²) in [5, 5.41) is 2.87. The van der Waals surface area contributed by atoms with Crippen molar-refractivity contribution in [2.75, 3.05) is 23.4 Å². The maximum absolute atomic E-state index is 12.4. The van der Waals surface area contributed by atoms with Crippen LogP contribution in [0.1, 0.15) is 29.5 Å². The number of hydrogen-bond acceptors (Lipinski definition) is 3. The van der Waals surface area contributed by atoms with E-state index in [1.54, 1.807) is 0 Å². The highest BCUT2D eigenvalue weighted by Crippen LogP contribution is 2.37. The number of hydrogen-bond donors (Lipinski definition) is 1. The first-order valence-electron chi connectivity index (χ1n) is 9.45. The lowest BCUT2D eigenvalue weighted by atomic mass is 10.1. The Morgan fingerprint density at radius 1 is 1.11 bits per heavy atom. The standard InChI is InChI=1S/C22H24N2O3/c1-14-3-8-19(11-15(14)2)27-13-21(25)23-18-7-6-16-9-10-24(20(16)12-18)22(26)17-4-5-17/h3,6-8,11-12,17H,4-5,9-10,13H2,1-2H3,(H,23,25). The first kappa shape index (κ1) is 17.6. The second-order valence-corrected chi connectivity index (χ2v) is 7.44. The topological polar surface area (TPSA) is 58.6 Å². The van der Waals surface area contributed by atoms with Crippen LogP contribution in [0.25, 0.3) is 0 Å². The van der Waals surface area contributed by atoms with E-state index in [0.717, 1.165) is 42.6 Å². The normalized spacial score (nSPS) is 15.4. The van der Waals surface area contributed by atoms with Crippen LogP contribution in [0.4, 0.5) is 11.4 Å². The Kier molecular flexibility index (Phi) is 4.60. The fourth-order valence-electron chi connectivity index (χ4n) is 3.39. The number of carbonyl (C=O) groups is 2. The van der Waals surface area contributed by atoms with Gasteiger partial charge in [-0.05, 0) is 74.1 Å². The molecule has 140 valence electrons. The molecule has 1 N–H and O–H groups in total. The molecule has 5 heteroatoms. The van der Waals surface area contributed by atoms with Crippen LogP contribution in [0.2, 0.25) is 0 Å². The monoisotopic (exact) mass is 364 g/mol. The van der Waals surface area contributed by atoms with Crippen LogP contribution in [0.3, 0.4) is 0 Å². The molecule has 0 unspecified atom stereocenters. The van der Waals surface area contributed by atoms with Gasteiger partial charge in [-0.2, -0.15) is 0 Å². The Bertz CT molecular complexity index is 902. The highest BCUT2D eigenvalue weighted by Gasteiger charge is 2.36. The molecule has 0 saturated heterocycles. The molecular formula is C22H24N2O3. The van der Waals surface area contributed by atoms with Crippen molar-refractivity contribution in [1.29, 1.82) is 0 Å². The van der Waals surface area contributed by atoms with E-state index in [1.807, 2.05) is 55.1 Å². The molecule has 1 fully saturated rings. The van der Waals surface area contributed by atoms with Gasteiger partial charge in [0.2, 0.25) is 5.91 Å². The molecule has 2 aromatic rings. The summed E-state index contributed by atoms with van der Waals surface area (Å²) in [6.07, 6.45) is 2.87. The van der Waals surface area contributed by atoms with Gasteiger partial charge in [0.25, 0.3) is 5.91 Å². The summed E-state index contributed by atoms with van der Waals surface area (Å²) in [4.78, 5) is 26.6. The Labute approximate surface area is 159 Å². The van der Waals surface area contributed by atoms with Crippen LogP contribution in [-0.4, -0.2) is 25.0 Å². The fraction of sp³-hybridized carbons (Fsp3) is 0.364. The van der Waals surface area contributed by atoms with Crippen LogP contribution in [0, 0.1) is 19.8 Å². The average Bonchev–Trinajstić information content (AvgIpc) is 3.42. The average molecular weight is 364 g/mol. The lowest BCUT2D eigenvalue weighted by Crippen LogP contribution is -2.30. The smallest absolute Gasteiger partial charge is 0.262 e. The van der Waals surface area contributed by atoms with Gasteiger partial charge in [0.15, 0.2) is 6.61 Å². The van der Waals surface area contributed by atoms with Crippen molar-refractivity contribution < 1.29 is 14.3 Å². The molecule has 0 aromatic heterocycles. The number of fused-ring (bicyclic) bond motifs is 1. The summed E-state index contributed by atoms with van der Waals surface area (Å²) in [7, 11) is 0. The quantitative estimate of drug-likeness (QED) is 0.882. The van der Waals surface area contributed by atoms with Gasteiger partial charge in [0.05, 0.1) is 0 Å². The van der Waals surface area contributed by atoms with Crippen LogP contribution in [0.15, 0.2) is 36.4 Å². The first-order chi connectivity index (χ1) is 13.0. The molecule has 1 aliphatic heterocycles. The second-order valence-electron chi connectivity index (χ2n) is 7.44. The highest BCUT2D eigenvalue weighted by molar-refractivity contribution is 5.99. The maximum atomic E-state index is 12.4. The van der Waals surface area contributed by atoms with Gasteiger partial charge in [-0.1, -0.05) is 12.1 Å². The number of rotatable bonds is 5. The Balaban J connectivity index is 1.39. The molecule has 2 aliphatic rings. The molecule has 0 radical (unpaired) electrons. The van der Waals surface area contributed by atoms with Gasteiger partial charge < -0.3 is 15.0 Å². The minimum atomic E-state index is -0.216. The third-order valence-electron chi connectivity index (χ3n) is 5.31. The molecule has 27 heavy (non-hydrogen) atoms. The lowest BCUT2D eigenvalue weighted by molar-refractivity contribution is -0.119. The number of benzene rings is 2. The van der Waals surface area contributed by atoms with Gasteiger partial charge in [0, 0.05) is 23.8 Å². The third kappa shape index (κ3) is 3.82. The molecule has 2 amide bonds. The van der Waals surface area contributed by atoms with E-state index in [4.69, 9.17) is 4.74 Å². The summed E-state index contributed by atoms with van der Waals surface area (Å²) in [5.41, 5.74) is 5.10. The van der Waals surface area contributed by atoms with Crippen molar-refractivity contribution in [3.63, 3.8) is 0 Å². The zero-order chi connectivity index (χ0) is 19.0. The summed E-state index contributed by atoms with van der Waals surface area (Å²) >= 11 is 0. The Morgan fingerprint density at radius 3 is 2.67 bits per heavy atom. The van der Waals surface area contributed by atoms with E-state index >= 15 is 0 Å². The van der Waals surface area contributed by atoms with Crippen molar-refractivity contribution >= 4 is 23.2 Å². The van der Waals surface area contributed by atoms with Crippen molar-refractivity contribution in [1.82, 2.24) is 0 Å². The molecule has 0 atom stereocenters. The van der Waals surface area contributed by atoms with Gasteiger partial charge in [-0.3, -0.25) is 9.59 Å². The molecule has 4 rings (SSSR count). The van der Waals surface area contributed by atoms with Crippen LogP contribution >= 0.6 is 0 Å². The van der Waals surface area contributed by atoms with E-state index in [-0.39, 0.29) is 24.3 Å². The van der Waals surface area contributed by atoms with E-state index in [9.17, 15) is 9.59 Å². The van der Waals surface area contributed by atoms with Crippen molar-refractivity contribution in [2.45, 2.75) is 33.1 Å². The molecule has 0 bridgehead atoms. The SMILES string of the molecule is Cc1ccc(OCC(=O)Nc2ccc3c(c2)N(C(=O)C2CC2)CC3)cc1C. The largest absolute Gasteiger partial charge is 0.484 e. The van der Waals surface area contributed by atoms with E-state index in [1.165, 1.54) is 5.56 Å². The Morgan fingerprint density at radius 2 is 1.93 bits per heavy atom.